The lowest BCUT2D eigenvalue weighted by Gasteiger charge is -2.24. The van der Waals surface area contributed by atoms with Gasteiger partial charge in [0.15, 0.2) is 0 Å². The van der Waals surface area contributed by atoms with Crippen LogP contribution in [0.5, 0.6) is 0 Å². The first-order chi connectivity index (χ1) is 10.2. The molecule has 21 heavy (non-hydrogen) atoms. The molecule has 112 valence electrons. The summed E-state index contributed by atoms with van der Waals surface area (Å²) in [6, 6.07) is 9.55. The highest BCUT2D eigenvalue weighted by molar-refractivity contribution is 5.79. The lowest BCUT2D eigenvalue weighted by atomic mass is 10.0. The van der Waals surface area contributed by atoms with Gasteiger partial charge in [-0.05, 0) is 24.2 Å². The second kappa shape index (κ2) is 7.21. The van der Waals surface area contributed by atoms with Crippen molar-refractivity contribution >= 4 is 5.91 Å². The number of amides is 1. The van der Waals surface area contributed by atoms with Gasteiger partial charge in [-0.2, -0.15) is 5.26 Å². The predicted octanol–water partition coefficient (Wildman–Crippen LogP) is 1.14. The van der Waals surface area contributed by atoms with Crippen LogP contribution >= 0.6 is 0 Å². The fourth-order valence-corrected chi connectivity index (χ4v) is 2.64. The van der Waals surface area contributed by atoms with E-state index in [1.807, 2.05) is 25.1 Å². The smallest absolute Gasteiger partial charge is 0.229 e. The number of rotatable bonds is 5. The number of hydrogen-bond acceptors (Lipinski definition) is 4. The summed E-state index contributed by atoms with van der Waals surface area (Å²) < 4.78 is 5.43. The van der Waals surface area contributed by atoms with Gasteiger partial charge >= 0.3 is 0 Å². The van der Waals surface area contributed by atoms with Gasteiger partial charge in [-0.25, -0.2) is 0 Å². The lowest BCUT2D eigenvalue weighted by Crippen LogP contribution is -2.44. The molecule has 0 aromatic heterocycles. The van der Waals surface area contributed by atoms with Crippen molar-refractivity contribution in [3.05, 3.63) is 35.4 Å². The Hall–Kier alpha value is -1.90. The zero-order valence-corrected chi connectivity index (χ0v) is 12.5. The first-order valence-corrected chi connectivity index (χ1v) is 7.20. The molecule has 0 bridgehead atoms. The summed E-state index contributed by atoms with van der Waals surface area (Å²) in [5, 5.41) is 12.2. The van der Waals surface area contributed by atoms with Gasteiger partial charge in [0.2, 0.25) is 5.91 Å². The molecule has 0 saturated carbocycles. The molecule has 2 atom stereocenters. The largest absolute Gasteiger partial charge is 0.379 e. The molecule has 1 amide bonds. The molecule has 1 N–H and O–H groups in total. The van der Waals surface area contributed by atoms with E-state index in [0.29, 0.717) is 25.3 Å². The Morgan fingerprint density at radius 1 is 1.52 bits per heavy atom. The molecule has 1 aromatic carbocycles. The summed E-state index contributed by atoms with van der Waals surface area (Å²) in [6.45, 7) is 4.41. The van der Waals surface area contributed by atoms with Crippen LogP contribution in [-0.4, -0.2) is 43.7 Å². The van der Waals surface area contributed by atoms with Gasteiger partial charge in [0.1, 0.15) is 0 Å². The van der Waals surface area contributed by atoms with Gasteiger partial charge in [0, 0.05) is 19.6 Å². The third-order valence-electron chi connectivity index (χ3n) is 3.72. The van der Waals surface area contributed by atoms with E-state index in [1.165, 1.54) is 0 Å². The number of nitriles is 1. The second-order valence-electron chi connectivity index (χ2n) is 5.31. The van der Waals surface area contributed by atoms with Crippen LogP contribution in [0.3, 0.4) is 0 Å². The molecule has 5 heteroatoms. The summed E-state index contributed by atoms with van der Waals surface area (Å²) in [5.41, 5.74) is 1.58. The van der Waals surface area contributed by atoms with Crippen LogP contribution in [0.2, 0.25) is 0 Å². The highest BCUT2D eigenvalue weighted by Gasteiger charge is 2.35. The van der Waals surface area contributed by atoms with Crippen molar-refractivity contribution in [1.82, 2.24) is 10.2 Å². The zero-order valence-electron chi connectivity index (χ0n) is 12.5. The van der Waals surface area contributed by atoms with Crippen molar-refractivity contribution in [2.45, 2.75) is 19.5 Å². The van der Waals surface area contributed by atoms with Gasteiger partial charge in [0.25, 0.3) is 0 Å². The van der Waals surface area contributed by atoms with E-state index < -0.39 is 0 Å². The van der Waals surface area contributed by atoms with Crippen molar-refractivity contribution in [3.8, 4) is 6.07 Å². The summed E-state index contributed by atoms with van der Waals surface area (Å²) >= 11 is 0. The molecule has 1 saturated heterocycles. The van der Waals surface area contributed by atoms with E-state index >= 15 is 0 Å². The highest BCUT2D eigenvalue weighted by Crippen LogP contribution is 2.17. The van der Waals surface area contributed by atoms with Crippen LogP contribution in [0, 0.1) is 17.2 Å². The Morgan fingerprint density at radius 3 is 3.05 bits per heavy atom. The topological polar surface area (TPSA) is 65.4 Å². The number of nitrogens with one attached hydrogen (secondary N) is 1. The van der Waals surface area contributed by atoms with Gasteiger partial charge in [-0.3, -0.25) is 4.79 Å². The molecule has 2 rings (SSSR count). The molecule has 1 aliphatic rings. The molecular formula is C16H21N3O2. The quantitative estimate of drug-likeness (QED) is 0.882. The maximum absolute atomic E-state index is 12.5. The molecule has 0 radical (unpaired) electrons. The van der Waals surface area contributed by atoms with E-state index in [-0.39, 0.29) is 17.9 Å². The van der Waals surface area contributed by atoms with Gasteiger partial charge in [-0.1, -0.05) is 19.1 Å². The number of benzene rings is 1. The summed E-state index contributed by atoms with van der Waals surface area (Å²) in [5.74, 6) is -0.0464. The minimum atomic E-state index is -0.130. The fraction of sp³-hybridized carbons (Fsp3) is 0.500. The van der Waals surface area contributed by atoms with Crippen molar-refractivity contribution in [3.63, 3.8) is 0 Å². The third kappa shape index (κ3) is 3.81. The first kappa shape index (κ1) is 15.5. The molecule has 1 heterocycles. The van der Waals surface area contributed by atoms with E-state index in [9.17, 15) is 4.79 Å². The molecule has 0 spiro atoms. The standard InChI is InChI=1S/C16H21N3O2/c1-3-18-15-11-21-10-14(15)16(20)19(2)9-13-6-4-5-12(7-13)8-17/h4-7,14-15,18H,3,9-11H2,1-2H3. The van der Waals surface area contributed by atoms with Crippen molar-refractivity contribution in [2.75, 3.05) is 26.8 Å². The molecule has 5 nitrogen and oxygen atoms in total. The molecule has 1 aromatic rings. The van der Waals surface area contributed by atoms with E-state index in [4.69, 9.17) is 10.00 Å². The third-order valence-corrected chi connectivity index (χ3v) is 3.72. The van der Waals surface area contributed by atoms with Crippen molar-refractivity contribution in [2.24, 2.45) is 5.92 Å². The first-order valence-electron chi connectivity index (χ1n) is 7.20. The van der Waals surface area contributed by atoms with Crippen LogP contribution in [0.1, 0.15) is 18.1 Å². The van der Waals surface area contributed by atoms with E-state index in [1.54, 1.807) is 18.0 Å². The Kier molecular flexibility index (Phi) is 5.32. The molecular weight excluding hydrogens is 266 g/mol. The Morgan fingerprint density at radius 2 is 2.33 bits per heavy atom. The molecule has 1 fully saturated rings. The van der Waals surface area contributed by atoms with Crippen molar-refractivity contribution < 1.29 is 9.53 Å². The second-order valence-corrected chi connectivity index (χ2v) is 5.31. The van der Waals surface area contributed by atoms with Gasteiger partial charge in [-0.15, -0.1) is 0 Å². The normalized spacial score (nSPS) is 21.0. The van der Waals surface area contributed by atoms with Crippen LogP contribution < -0.4 is 5.32 Å². The minimum Gasteiger partial charge on any atom is -0.379 e. The minimum absolute atomic E-state index is 0.0841. The molecule has 0 aliphatic carbocycles. The number of nitrogens with zero attached hydrogens (tertiary/aromatic N) is 2. The zero-order chi connectivity index (χ0) is 15.2. The van der Waals surface area contributed by atoms with Crippen LogP contribution in [-0.2, 0) is 16.1 Å². The maximum atomic E-state index is 12.5. The van der Waals surface area contributed by atoms with Gasteiger partial charge in [0.05, 0.1) is 30.8 Å². The number of ether oxygens (including phenoxy) is 1. The monoisotopic (exact) mass is 287 g/mol. The van der Waals surface area contributed by atoms with E-state index in [0.717, 1.165) is 12.1 Å². The SMILES string of the molecule is CCNC1COCC1C(=O)N(C)Cc1cccc(C#N)c1. The molecule has 1 aliphatic heterocycles. The summed E-state index contributed by atoms with van der Waals surface area (Å²) in [7, 11) is 1.79. The van der Waals surface area contributed by atoms with Gasteiger partial charge < -0.3 is 15.0 Å². The molecule has 2 unspecified atom stereocenters. The Balaban J connectivity index is 2.00. The van der Waals surface area contributed by atoms with Crippen LogP contribution in [0.15, 0.2) is 24.3 Å². The number of carbonyl (C=O) groups excluding carboxylic acids is 1. The average Bonchev–Trinajstić information content (AvgIpc) is 2.95. The average molecular weight is 287 g/mol. The fourth-order valence-electron chi connectivity index (χ4n) is 2.64. The van der Waals surface area contributed by atoms with Crippen molar-refractivity contribution in [1.29, 1.82) is 5.26 Å². The van der Waals surface area contributed by atoms with Crippen LogP contribution in [0.4, 0.5) is 0 Å². The number of carbonyl (C=O) groups is 1. The number of hydrogen-bond donors (Lipinski definition) is 1. The predicted molar refractivity (Wildman–Crippen MR) is 79.4 cm³/mol. The summed E-state index contributed by atoms with van der Waals surface area (Å²) in [4.78, 5) is 14.2. The Labute approximate surface area is 125 Å². The van der Waals surface area contributed by atoms with Crippen LogP contribution in [0.25, 0.3) is 0 Å². The van der Waals surface area contributed by atoms with E-state index in [2.05, 4.69) is 11.4 Å². The highest BCUT2D eigenvalue weighted by atomic mass is 16.5. The summed E-state index contributed by atoms with van der Waals surface area (Å²) in [6.07, 6.45) is 0. The lowest BCUT2D eigenvalue weighted by molar-refractivity contribution is -0.135. The maximum Gasteiger partial charge on any atom is 0.229 e. The Bertz CT molecular complexity index is 539. The number of likely N-dealkylation sites (N-methyl/N-ethyl adjacent to an activating group) is 1.